The largest absolute Gasteiger partial charge is 0.382 e. The van der Waals surface area contributed by atoms with Crippen LogP contribution in [0.3, 0.4) is 0 Å². The molecule has 6 nitrogen and oxygen atoms in total. The summed E-state index contributed by atoms with van der Waals surface area (Å²) in [4.78, 5) is 41.6. The zero-order valence-electron chi connectivity index (χ0n) is 17.5. The molecule has 0 bridgehead atoms. The number of aliphatic hydroxyl groups is 1. The standard InChI is InChI=1S/C26H22N2O4/c1-2-16-12-14-18(15-13-16)28-24(31)21(22(29)25(28)32)26(17-8-4-3-5-9-17)23(30)19-10-6-7-11-20(19)27-26/h3-15,21-22,27,29H,2H2,1H3. The van der Waals surface area contributed by atoms with Gasteiger partial charge in [0.25, 0.3) is 5.91 Å². The van der Waals surface area contributed by atoms with E-state index in [4.69, 9.17) is 0 Å². The van der Waals surface area contributed by atoms with E-state index in [1.165, 1.54) is 0 Å². The predicted octanol–water partition coefficient (Wildman–Crippen LogP) is 3.30. The molecule has 2 aliphatic rings. The number of amides is 2. The molecule has 0 radical (unpaired) electrons. The van der Waals surface area contributed by atoms with Crippen molar-refractivity contribution in [3.05, 3.63) is 95.6 Å². The van der Waals surface area contributed by atoms with E-state index in [1.807, 2.05) is 25.1 Å². The summed E-state index contributed by atoms with van der Waals surface area (Å²) >= 11 is 0. The molecule has 6 heteroatoms. The van der Waals surface area contributed by atoms with Crippen molar-refractivity contribution >= 4 is 29.0 Å². The molecule has 0 spiro atoms. The fourth-order valence-corrected chi connectivity index (χ4v) is 4.79. The Labute approximate surface area is 185 Å². The Morgan fingerprint density at radius 3 is 2.19 bits per heavy atom. The number of hydrogen-bond acceptors (Lipinski definition) is 5. The van der Waals surface area contributed by atoms with Gasteiger partial charge in [-0.25, -0.2) is 4.90 Å². The van der Waals surface area contributed by atoms with Gasteiger partial charge in [0.1, 0.15) is 17.6 Å². The van der Waals surface area contributed by atoms with Crippen molar-refractivity contribution in [2.45, 2.75) is 25.0 Å². The van der Waals surface area contributed by atoms with Crippen LogP contribution in [0.1, 0.15) is 28.4 Å². The molecule has 0 saturated carbocycles. The Morgan fingerprint density at radius 1 is 0.875 bits per heavy atom. The zero-order valence-corrected chi connectivity index (χ0v) is 17.5. The van der Waals surface area contributed by atoms with E-state index in [0.29, 0.717) is 22.5 Å². The normalized spacial score (nSPS) is 24.6. The lowest BCUT2D eigenvalue weighted by molar-refractivity contribution is -0.126. The lowest BCUT2D eigenvalue weighted by Gasteiger charge is -2.34. The molecule has 3 aromatic rings. The fourth-order valence-electron chi connectivity index (χ4n) is 4.79. The minimum Gasteiger partial charge on any atom is -0.382 e. The first kappa shape index (κ1) is 20.2. The molecule has 2 amide bonds. The maximum atomic E-state index is 13.8. The smallest absolute Gasteiger partial charge is 0.263 e. The summed E-state index contributed by atoms with van der Waals surface area (Å²) < 4.78 is 0. The number of fused-ring (bicyclic) bond motifs is 1. The fraction of sp³-hybridized carbons (Fsp3) is 0.192. The van der Waals surface area contributed by atoms with E-state index >= 15 is 0 Å². The summed E-state index contributed by atoms with van der Waals surface area (Å²) in [6, 6.07) is 22.9. The van der Waals surface area contributed by atoms with Crippen molar-refractivity contribution in [1.29, 1.82) is 0 Å². The quantitative estimate of drug-likeness (QED) is 0.625. The van der Waals surface area contributed by atoms with Crippen LogP contribution < -0.4 is 10.2 Å². The van der Waals surface area contributed by atoms with Gasteiger partial charge in [-0.3, -0.25) is 14.4 Å². The average molecular weight is 426 g/mol. The molecule has 1 saturated heterocycles. The van der Waals surface area contributed by atoms with Gasteiger partial charge in [0.15, 0.2) is 5.78 Å². The highest BCUT2D eigenvalue weighted by Crippen LogP contribution is 2.48. The van der Waals surface area contributed by atoms with Gasteiger partial charge >= 0.3 is 0 Å². The van der Waals surface area contributed by atoms with Crippen LogP contribution in [-0.4, -0.2) is 28.8 Å². The van der Waals surface area contributed by atoms with Crippen molar-refractivity contribution < 1.29 is 19.5 Å². The van der Waals surface area contributed by atoms with Crippen LogP contribution >= 0.6 is 0 Å². The molecule has 3 aromatic carbocycles. The Kier molecular flexibility index (Phi) is 4.68. The molecule has 2 N–H and O–H groups in total. The third-order valence-electron chi connectivity index (χ3n) is 6.44. The van der Waals surface area contributed by atoms with E-state index in [0.717, 1.165) is 16.9 Å². The SMILES string of the molecule is CCc1ccc(N2C(=O)C(O)C(C3(c4ccccc4)Nc4ccccc4C3=O)C2=O)cc1. The van der Waals surface area contributed by atoms with Crippen LogP contribution in [0.25, 0.3) is 0 Å². The third-order valence-corrected chi connectivity index (χ3v) is 6.44. The van der Waals surface area contributed by atoms with Gasteiger partial charge in [0.05, 0.1) is 5.69 Å². The van der Waals surface area contributed by atoms with Crippen molar-refractivity contribution in [1.82, 2.24) is 0 Å². The van der Waals surface area contributed by atoms with E-state index < -0.39 is 29.4 Å². The highest BCUT2D eigenvalue weighted by Gasteiger charge is 2.63. The summed E-state index contributed by atoms with van der Waals surface area (Å²) in [5.41, 5.74) is 1.37. The van der Waals surface area contributed by atoms with Crippen LogP contribution in [0, 0.1) is 5.92 Å². The number of benzene rings is 3. The maximum Gasteiger partial charge on any atom is 0.263 e. The van der Waals surface area contributed by atoms with Gasteiger partial charge in [-0.2, -0.15) is 0 Å². The molecule has 3 unspecified atom stereocenters. The molecule has 2 heterocycles. The van der Waals surface area contributed by atoms with Crippen LogP contribution in [0.4, 0.5) is 11.4 Å². The van der Waals surface area contributed by atoms with Gasteiger partial charge in [0, 0.05) is 11.3 Å². The zero-order chi connectivity index (χ0) is 22.5. The second-order valence-corrected chi connectivity index (χ2v) is 8.13. The first-order chi connectivity index (χ1) is 15.5. The molecule has 5 rings (SSSR count). The second-order valence-electron chi connectivity index (χ2n) is 8.13. The lowest BCUT2D eigenvalue weighted by atomic mass is 9.73. The van der Waals surface area contributed by atoms with Crippen LogP contribution in [0.5, 0.6) is 0 Å². The van der Waals surface area contributed by atoms with Crippen LogP contribution in [0.2, 0.25) is 0 Å². The minimum atomic E-state index is -1.67. The number of imide groups is 1. The Bertz CT molecular complexity index is 1220. The number of anilines is 2. The molecule has 160 valence electrons. The number of hydrogen-bond donors (Lipinski definition) is 2. The summed E-state index contributed by atoms with van der Waals surface area (Å²) in [6.45, 7) is 2.01. The van der Waals surface area contributed by atoms with Gasteiger partial charge in [-0.1, -0.05) is 61.5 Å². The van der Waals surface area contributed by atoms with Crippen molar-refractivity contribution in [2.75, 3.05) is 10.2 Å². The highest BCUT2D eigenvalue weighted by molar-refractivity contribution is 6.27. The number of nitrogens with one attached hydrogen (secondary N) is 1. The number of aliphatic hydroxyl groups excluding tert-OH is 1. The van der Waals surface area contributed by atoms with E-state index in [1.54, 1.807) is 60.7 Å². The number of aryl methyl sites for hydroxylation is 1. The van der Waals surface area contributed by atoms with Crippen molar-refractivity contribution in [3.8, 4) is 0 Å². The number of Topliss-reactive ketones (excluding diaryl/α,β-unsaturated/α-hetero) is 1. The molecular formula is C26H22N2O4. The molecule has 1 fully saturated rings. The van der Waals surface area contributed by atoms with Gasteiger partial charge in [-0.05, 0) is 41.8 Å². The summed E-state index contributed by atoms with van der Waals surface area (Å²) in [5.74, 6) is -3.00. The Balaban J connectivity index is 1.65. The van der Waals surface area contributed by atoms with Gasteiger partial charge < -0.3 is 10.4 Å². The summed E-state index contributed by atoms with van der Waals surface area (Å²) in [6.07, 6.45) is -0.847. The van der Waals surface area contributed by atoms with Gasteiger partial charge in [0.2, 0.25) is 5.91 Å². The maximum absolute atomic E-state index is 13.8. The summed E-state index contributed by atoms with van der Waals surface area (Å²) in [7, 11) is 0. The number of rotatable bonds is 4. The summed E-state index contributed by atoms with van der Waals surface area (Å²) in [5, 5.41) is 14.3. The Morgan fingerprint density at radius 2 is 1.53 bits per heavy atom. The van der Waals surface area contributed by atoms with E-state index in [9.17, 15) is 19.5 Å². The number of carbonyl (C=O) groups is 3. The first-order valence-electron chi connectivity index (χ1n) is 10.6. The molecule has 0 aromatic heterocycles. The minimum absolute atomic E-state index is 0.340. The highest BCUT2D eigenvalue weighted by atomic mass is 16.3. The molecule has 2 aliphatic heterocycles. The van der Waals surface area contributed by atoms with Crippen LogP contribution in [-0.2, 0) is 21.5 Å². The number of ketones is 1. The second kappa shape index (κ2) is 7.43. The monoisotopic (exact) mass is 426 g/mol. The molecular weight excluding hydrogens is 404 g/mol. The number of para-hydroxylation sites is 1. The number of carbonyl (C=O) groups excluding carboxylic acids is 3. The third kappa shape index (κ3) is 2.73. The average Bonchev–Trinajstić information content (AvgIpc) is 3.25. The molecule has 3 atom stereocenters. The lowest BCUT2D eigenvalue weighted by Crippen LogP contribution is -2.52. The Hall–Kier alpha value is -3.77. The first-order valence-corrected chi connectivity index (χ1v) is 10.6. The number of nitrogens with zero attached hydrogens (tertiary/aromatic N) is 1. The van der Waals surface area contributed by atoms with E-state index in [-0.39, 0.29) is 5.78 Å². The topological polar surface area (TPSA) is 86.7 Å². The molecule has 32 heavy (non-hydrogen) atoms. The van der Waals surface area contributed by atoms with Gasteiger partial charge in [-0.15, -0.1) is 0 Å². The van der Waals surface area contributed by atoms with E-state index in [2.05, 4.69) is 5.32 Å². The predicted molar refractivity (Wildman–Crippen MR) is 120 cm³/mol. The van der Waals surface area contributed by atoms with Crippen LogP contribution in [0.15, 0.2) is 78.9 Å². The van der Waals surface area contributed by atoms with Crippen molar-refractivity contribution in [3.63, 3.8) is 0 Å². The molecule has 0 aliphatic carbocycles. The van der Waals surface area contributed by atoms with Crippen molar-refractivity contribution in [2.24, 2.45) is 5.92 Å².